The van der Waals surface area contributed by atoms with Gasteiger partial charge in [-0.2, -0.15) is 0 Å². The molecule has 0 aliphatic carbocycles. The monoisotopic (exact) mass is 170 g/mol. The third-order valence-corrected chi connectivity index (χ3v) is 1.27. The summed E-state index contributed by atoms with van der Waals surface area (Å²) in [7, 11) is 0. The molecule has 0 rings (SSSR count). The number of nitrogens with two attached hydrogens (primary N) is 1. The quantitative estimate of drug-likeness (QED) is 0.361. The summed E-state index contributed by atoms with van der Waals surface area (Å²) in [6.45, 7) is 1.04. The summed E-state index contributed by atoms with van der Waals surface area (Å²) in [5.41, 5.74) is 1.59. The van der Waals surface area contributed by atoms with E-state index in [1.165, 1.54) is 0 Å². The van der Waals surface area contributed by atoms with E-state index in [0.717, 1.165) is 6.92 Å². The molecular formula is C5H9F3N2O. The Morgan fingerprint density at radius 3 is 2.18 bits per heavy atom. The molecule has 0 spiro atoms. The molecule has 0 saturated heterocycles. The van der Waals surface area contributed by atoms with Gasteiger partial charge in [-0.25, -0.2) is 19.0 Å². The van der Waals surface area contributed by atoms with Gasteiger partial charge in [0, 0.05) is 0 Å². The number of nitrogens with one attached hydrogen (secondary N) is 1. The number of halogens is 3. The van der Waals surface area contributed by atoms with Crippen molar-refractivity contribution in [2.45, 2.75) is 19.5 Å². The minimum Gasteiger partial charge on any atom is -0.294 e. The molecule has 66 valence electrons. The van der Waals surface area contributed by atoms with Crippen molar-refractivity contribution in [3.63, 3.8) is 0 Å². The van der Waals surface area contributed by atoms with Gasteiger partial charge in [-0.15, -0.1) is 0 Å². The Kier molecular flexibility index (Phi) is 3.88. The largest absolute Gasteiger partial charge is 0.294 e. The van der Waals surface area contributed by atoms with Crippen LogP contribution in [0.1, 0.15) is 6.92 Å². The second-order valence-electron chi connectivity index (χ2n) is 2.08. The number of hydrogen-bond donors (Lipinski definition) is 2. The molecule has 3 nitrogen and oxygen atoms in total. The van der Waals surface area contributed by atoms with Crippen LogP contribution in [0.2, 0.25) is 0 Å². The van der Waals surface area contributed by atoms with Crippen LogP contribution in [0.5, 0.6) is 0 Å². The van der Waals surface area contributed by atoms with Crippen LogP contribution in [0.4, 0.5) is 13.2 Å². The molecule has 0 aliphatic rings. The van der Waals surface area contributed by atoms with Gasteiger partial charge in [-0.1, -0.05) is 6.92 Å². The number of carbonyl (C=O) groups excluding carboxylic acids is 1. The van der Waals surface area contributed by atoms with Gasteiger partial charge in [0.1, 0.15) is 0 Å². The lowest BCUT2D eigenvalue weighted by atomic mass is 10.1. The van der Waals surface area contributed by atoms with Crippen molar-refractivity contribution in [1.82, 2.24) is 5.43 Å². The molecule has 0 aromatic carbocycles. The molecule has 2 atom stereocenters. The van der Waals surface area contributed by atoms with Crippen molar-refractivity contribution in [1.29, 1.82) is 0 Å². The highest BCUT2D eigenvalue weighted by molar-refractivity contribution is 5.78. The molecule has 0 bridgehead atoms. The molecule has 11 heavy (non-hydrogen) atoms. The normalized spacial score (nSPS) is 16.2. The van der Waals surface area contributed by atoms with Crippen LogP contribution < -0.4 is 11.3 Å². The Balaban J connectivity index is 4.01. The number of amides is 1. The summed E-state index contributed by atoms with van der Waals surface area (Å²) in [5.74, 6) is 2.25. The minimum absolute atomic E-state index is 0.933. The number of rotatable bonds is 3. The Bertz CT molecular complexity index is 142. The van der Waals surface area contributed by atoms with E-state index in [1.54, 1.807) is 5.43 Å². The van der Waals surface area contributed by atoms with Gasteiger partial charge in [0.25, 0.3) is 6.43 Å². The second-order valence-corrected chi connectivity index (χ2v) is 2.08. The first kappa shape index (κ1) is 10.2. The molecule has 0 heterocycles. The van der Waals surface area contributed by atoms with Crippen LogP contribution in [0.3, 0.4) is 0 Å². The minimum atomic E-state index is -3.15. The molecular weight excluding hydrogens is 161 g/mol. The van der Waals surface area contributed by atoms with Gasteiger partial charge in [0.05, 0.1) is 5.92 Å². The van der Waals surface area contributed by atoms with Crippen molar-refractivity contribution < 1.29 is 18.0 Å². The highest BCUT2D eigenvalue weighted by atomic mass is 19.3. The predicted octanol–water partition coefficient (Wildman–Crippen LogP) is 0.216. The van der Waals surface area contributed by atoms with Gasteiger partial charge in [0.2, 0.25) is 5.91 Å². The third-order valence-electron chi connectivity index (χ3n) is 1.27. The molecule has 6 heteroatoms. The lowest BCUT2D eigenvalue weighted by Gasteiger charge is -2.13. The van der Waals surface area contributed by atoms with Crippen LogP contribution in [-0.2, 0) is 4.79 Å². The first-order chi connectivity index (χ1) is 5.00. The van der Waals surface area contributed by atoms with E-state index in [-0.39, 0.29) is 0 Å². The predicted molar refractivity (Wildman–Crippen MR) is 32.4 cm³/mol. The van der Waals surface area contributed by atoms with E-state index >= 15 is 0 Å². The van der Waals surface area contributed by atoms with E-state index in [2.05, 4.69) is 5.84 Å². The van der Waals surface area contributed by atoms with E-state index in [1.807, 2.05) is 0 Å². The van der Waals surface area contributed by atoms with Crippen LogP contribution in [0.25, 0.3) is 0 Å². The topological polar surface area (TPSA) is 55.1 Å². The zero-order valence-corrected chi connectivity index (χ0v) is 5.85. The number of alkyl halides is 3. The summed E-state index contributed by atoms with van der Waals surface area (Å²) in [6.07, 6.45) is -5.61. The molecule has 3 N–H and O–H groups in total. The SMILES string of the molecule is CC(C(=O)NN)C(F)C(F)F. The van der Waals surface area contributed by atoms with Crippen molar-refractivity contribution in [3.8, 4) is 0 Å². The molecule has 0 aliphatic heterocycles. The van der Waals surface area contributed by atoms with E-state index in [4.69, 9.17) is 0 Å². The molecule has 0 saturated carbocycles. The molecule has 0 aromatic heterocycles. The third kappa shape index (κ3) is 2.75. The second kappa shape index (κ2) is 4.17. The fraction of sp³-hybridized carbons (Fsp3) is 0.800. The summed E-state index contributed by atoms with van der Waals surface area (Å²) < 4.78 is 35.4. The van der Waals surface area contributed by atoms with Crippen LogP contribution in [0.15, 0.2) is 0 Å². The summed E-state index contributed by atoms with van der Waals surface area (Å²) in [4.78, 5) is 10.4. The maximum atomic E-state index is 12.3. The smallest absolute Gasteiger partial charge is 0.270 e. The average molecular weight is 170 g/mol. The van der Waals surface area contributed by atoms with Gasteiger partial charge in [-0.05, 0) is 0 Å². The Morgan fingerprint density at radius 1 is 1.45 bits per heavy atom. The lowest BCUT2D eigenvalue weighted by Crippen LogP contribution is -2.40. The van der Waals surface area contributed by atoms with E-state index in [9.17, 15) is 18.0 Å². The van der Waals surface area contributed by atoms with Crippen molar-refractivity contribution in [2.75, 3.05) is 0 Å². The summed E-state index contributed by atoms with van der Waals surface area (Å²) in [5, 5.41) is 0. The zero-order valence-electron chi connectivity index (χ0n) is 5.85. The maximum Gasteiger partial charge on any atom is 0.270 e. The Labute approximate surface area is 61.7 Å². The molecule has 1 amide bonds. The fourth-order valence-corrected chi connectivity index (χ4v) is 0.494. The first-order valence-corrected chi connectivity index (χ1v) is 2.93. The Hall–Kier alpha value is -0.780. The molecule has 0 radical (unpaired) electrons. The highest BCUT2D eigenvalue weighted by Crippen LogP contribution is 2.15. The Morgan fingerprint density at radius 2 is 1.91 bits per heavy atom. The molecule has 0 fully saturated rings. The van der Waals surface area contributed by atoms with Crippen molar-refractivity contribution in [2.24, 2.45) is 11.8 Å². The molecule has 2 unspecified atom stereocenters. The van der Waals surface area contributed by atoms with Gasteiger partial charge < -0.3 is 0 Å². The standard InChI is InChI=1S/C5H9F3N2O/c1-2(5(11)10-9)3(6)4(7)8/h2-4H,9H2,1H3,(H,10,11). The number of hydrazine groups is 1. The van der Waals surface area contributed by atoms with Crippen molar-refractivity contribution in [3.05, 3.63) is 0 Å². The zero-order chi connectivity index (χ0) is 9.02. The fourth-order valence-electron chi connectivity index (χ4n) is 0.494. The average Bonchev–Trinajstić information content (AvgIpc) is 2.00. The summed E-state index contributed by atoms with van der Waals surface area (Å²) in [6, 6.07) is 0. The summed E-state index contributed by atoms with van der Waals surface area (Å²) >= 11 is 0. The van der Waals surface area contributed by atoms with Gasteiger partial charge in [0.15, 0.2) is 6.17 Å². The van der Waals surface area contributed by atoms with Crippen LogP contribution >= 0.6 is 0 Å². The number of hydrogen-bond acceptors (Lipinski definition) is 2. The van der Waals surface area contributed by atoms with Gasteiger partial charge in [-0.3, -0.25) is 10.2 Å². The number of carbonyl (C=O) groups is 1. The molecule has 0 aromatic rings. The van der Waals surface area contributed by atoms with Crippen molar-refractivity contribution >= 4 is 5.91 Å². The highest BCUT2D eigenvalue weighted by Gasteiger charge is 2.30. The lowest BCUT2D eigenvalue weighted by molar-refractivity contribution is -0.129. The van der Waals surface area contributed by atoms with E-state index in [0.29, 0.717) is 0 Å². The first-order valence-electron chi connectivity index (χ1n) is 2.93. The maximum absolute atomic E-state index is 12.3. The van der Waals surface area contributed by atoms with Gasteiger partial charge >= 0.3 is 0 Å². The van der Waals surface area contributed by atoms with Crippen LogP contribution in [-0.4, -0.2) is 18.5 Å². The van der Waals surface area contributed by atoms with Crippen LogP contribution in [0, 0.1) is 5.92 Å². The van der Waals surface area contributed by atoms with E-state index < -0.39 is 24.4 Å².